The predicted molar refractivity (Wildman–Crippen MR) is 103 cm³/mol. The van der Waals surface area contributed by atoms with Crippen LogP contribution < -0.4 is 11.1 Å². The average Bonchev–Trinajstić information content (AvgIpc) is 2.96. The summed E-state index contributed by atoms with van der Waals surface area (Å²) in [5, 5.41) is 11.7. The lowest BCUT2D eigenvalue weighted by Gasteiger charge is -2.26. The zero-order valence-electron chi connectivity index (χ0n) is 15.6. The molecule has 1 fully saturated rings. The molecule has 3 N–H and O–H groups in total. The van der Waals surface area contributed by atoms with Gasteiger partial charge in [-0.15, -0.1) is 10.2 Å². The molecule has 1 saturated heterocycles. The van der Waals surface area contributed by atoms with Gasteiger partial charge in [-0.05, 0) is 43.7 Å². The number of aromatic nitrogens is 3. The second kappa shape index (κ2) is 8.19. The first-order chi connectivity index (χ1) is 13.2. The van der Waals surface area contributed by atoms with E-state index in [1.807, 2.05) is 24.3 Å². The highest BCUT2D eigenvalue weighted by Gasteiger charge is 2.26. The lowest BCUT2D eigenvalue weighted by molar-refractivity contribution is -0.119. The van der Waals surface area contributed by atoms with Crippen LogP contribution in [0.3, 0.4) is 0 Å². The van der Waals surface area contributed by atoms with Gasteiger partial charge in [0.15, 0.2) is 5.82 Å². The largest absolute Gasteiger partial charge is 0.381 e. The van der Waals surface area contributed by atoms with Crippen LogP contribution >= 0.6 is 0 Å². The average molecular weight is 369 g/mol. The Bertz CT molecular complexity index is 797. The smallest absolute Gasteiger partial charge is 0.241 e. The summed E-state index contributed by atoms with van der Waals surface area (Å²) in [5.41, 5.74) is 7.89. The Labute approximate surface area is 159 Å². The monoisotopic (exact) mass is 369 g/mol. The molecule has 3 heterocycles. The molecule has 7 heteroatoms. The number of rotatable bonds is 4. The van der Waals surface area contributed by atoms with Gasteiger partial charge in [0, 0.05) is 37.4 Å². The molecular weight excluding hydrogens is 342 g/mol. The van der Waals surface area contributed by atoms with Crippen molar-refractivity contribution >= 4 is 11.6 Å². The number of amides is 1. The van der Waals surface area contributed by atoms with Crippen molar-refractivity contribution in [1.82, 2.24) is 14.8 Å². The zero-order valence-corrected chi connectivity index (χ0v) is 15.6. The molecule has 0 radical (unpaired) electrons. The summed E-state index contributed by atoms with van der Waals surface area (Å²) in [6.45, 7) is 2.31. The lowest BCUT2D eigenvalue weighted by atomic mass is 9.92. The molecule has 0 aliphatic carbocycles. The fourth-order valence-electron chi connectivity index (χ4n) is 3.95. The van der Waals surface area contributed by atoms with E-state index >= 15 is 0 Å². The number of nitrogens with zero attached hydrogens (tertiary/aromatic N) is 3. The number of hydrogen-bond donors (Lipinski definition) is 2. The molecule has 0 bridgehead atoms. The molecule has 2 aliphatic heterocycles. The minimum atomic E-state index is -0.512. The number of anilines is 1. The Morgan fingerprint density at radius 1 is 1.22 bits per heavy atom. The van der Waals surface area contributed by atoms with E-state index in [1.165, 1.54) is 12.8 Å². The Morgan fingerprint density at radius 2 is 2.07 bits per heavy atom. The second-order valence-electron chi connectivity index (χ2n) is 7.45. The van der Waals surface area contributed by atoms with Gasteiger partial charge >= 0.3 is 0 Å². The van der Waals surface area contributed by atoms with Gasteiger partial charge in [0.2, 0.25) is 5.91 Å². The van der Waals surface area contributed by atoms with Crippen molar-refractivity contribution < 1.29 is 9.53 Å². The number of hydrogen-bond acceptors (Lipinski definition) is 5. The number of carbonyl (C=O) groups excluding carboxylic acids is 1. The number of fused-ring (bicyclic) bond motifs is 1. The minimum absolute atomic E-state index is 0.140. The Balaban J connectivity index is 1.49. The van der Waals surface area contributed by atoms with E-state index in [9.17, 15) is 4.79 Å². The third kappa shape index (κ3) is 4.04. The third-order valence-corrected chi connectivity index (χ3v) is 5.57. The quantitative estimate of drug-likeness (QED) is 0.863. The number of aryl methyl sites for hydroxylation is 1. The van der Waals surface area contributed by atoms with E-state index in [1.54, 1.807) is 0 Å². The first-order valence-corrected chi connectivity index (χ1v) is 9.89. The maximum Gasteiger partial charge on any atom is 0.241 e. The summed E-state index contributed by atoms with van der Waals surface area (Å²) in [5.74, 6) is 1.96. The second-order valence-corrected chi connectivity index (χ2v) is 7.45. The van der Waals surface area contributed by atoms with E-state index in [0.29, 0.717) is 13.2 Å². The number of nitrogens with two attached hydrogens (primary N) is 1. The minimum Gasteiger partial charge on any atom is -0.381 e. The third-order valence-electron chi connectivity index (χ3n) is 5.57. The normalized spacial score (nSPS) is 19.1. The van der Waals surface area contributed by atoms with Crippen molar-refractivity contribution in [1.29, 1.82) is 0 Å². The Kier molecular flexibility index (Phi) is 5.50. The molecule has 2 aromatic rings. The van der Waals surface area contributed by atoms with E-state index in [2.05, 4.69) is 20.1 Å². The van der Waals surface area contributed by atoms with Crippen LogP contribution in [0.4, 0.5) is 5.69 Å². The van der Waals surface area contributed by atoms with Gasteiger partial charge in [-0.1, -0.05) is 18.6 Å². The fourth-order valence-corrected chi connectivity index (χ4v) is 3.95. The summed E-state index contributed by atoms with van der Waals surface area (Å²) >= 11 is 0. The van der Waals surface area contributed by atoms with Crippen molar-refractivity contribution in [3.63, 3.8) is 0 Å². The van der Waals surface area contributed by atoms with E-state index < -0.39 is 6.04 Å². The van der Waals surface area contributed by atoms with Crippen molar-refractivity contribution in [3.8, 4) is 11.4 Å². The van der Waals surface area contributed by atoms with Crippen molar-refractivity contribution in [3.05, 3.63) is 30.1 Å². The molecular formula is C20H27N5O2. The van der Waals surface area contributed by atoms with Crippen molar-refractivity contribution in [2.24, 2.45) is 11.7 Å². The molecule has 144 valence electrons. The lowest BCUT2D eigenvalue weighted by Crippen LogP contribution is -2.44. The molecule has 1 atom stereocenters. The van der Waals surface area contributed by atoms with Crippen LogP contribution in [0.2, 0.25) is 0 Å². The standard InChI is InChI=1S/C20H27N5O2/c21-18(14-8-11-27-12-9-14)20(26)22-16-6-4-5-15(13-16)19-24-23-17-7-2-1-3-10-25(17)19/h4-6,13-14,18H,1-3,7-12,21H2,(H,22,26). The van der Waals surface area contributed by atoms with Crippen molar-refractivity contribution in [2.75, 3.05) is 18.5 Å². The molecule has 1 unspecified atom stereocenters. The van der Waals surface area contributed by atoms with Gasteiger partial charge in [0.1, 0.15) is 5.82 Å². The highest BCUT2D eigenvalue weighted by Crippen LogP contribution is 2.25. The number of nitrogens with one attached hydrogen (secondary N) is 1. The van der Waals surface area contributed by atoms with Crippen molar-refractivity contribution in [2.45, 2.75) is 51.1 Å². The summed E-state index contributed by atoms with van der Waals surface area (Å²) in [6, 6.07) is 7.27. The Hall–Kier alpha value is -2.25. The molecule has 1 aromatic heterocycles. The first-order valence-electron chi connectivity index (χ1n) is 9.89. The summed E-state index contributed by atoms with van der Waals surface area (Å²) < 4.78 is 7.57. The number of ether oxygens (including phenoxy) is 1. The van der Waals surface area contributed by atoms with Crippen LogP contribution in [-0.2, 0) is 22.5 Å². The van der Waals surface area contributed by atoms with Crippen LogP contribution in [0, 0.1) is 5.92 Å². The Morgan fingerprint density at radius 3 is 2.93 bits per heavy atom. The van der Waals surface area contributed by atoms with Gasteiger partial charge in [0.25, 0.3) is 0 Å². The molecule has 4 rings (SSSR count). The zero-order chi connectivity index (χ0) is 18.6. The van der Waals surface area contributed by atoms with E-state index in [4.69, 9.17) is 10.5 Å². The first kappa shape index (κ1) is 18.1. The van der Waals surface area contributed by atoms with Crippen LogP contribution in [0.25, 0.3) is 11.4 Å². The topological polar surface area (TPSA) is 95.1 Å². The van der Waals surface area contributed by atoms with Gasteiger partial charge in [-0.25, -0.2) is 0 Å². The maximum atomic E-state index is 12.6. The van der Waals surface area contributed by atoms with Gasteiger partial charge in [0.05, 0.1) is 6.04 Å². The van der Waals surface area contributed by atoms with Crippen LogP contribution in [-0.4, -0.2) is 39.9 Å². The van der Waals surface area contributed by atoms with Gasteiger partial charge in [-0.3, -0.25) is 4.79 Å². The van der Waals surface area contributed by atoms with E-state index in [0.717, 1.165) is 55.1 Å². The number of carbonyl (C=O) groups is 1. The molecule has 0 saturated carbocycles. The van der Waals surface area contributed by atoms with E-state index in [-0.39, 0.29) is 11.8 Å². The molecule has 1 amide bonds. The molecule has 7 nitrogen and oxygen atoms in total. The summed E-state index contributed by atoms with van der Waals surface area (Å²) in [4.78, 5) is 12.6. The highest BCUT2D eigenvalue weighted by atomic mass is 16.5. The van der Waals surface area contributed by atoms with Crippen LogP contribution in [0.15, 0.2) is 24.3 Å². The predicted octanol–water partition coefficient (Wildman–Crippen LogP) is 2.36. The highest BCUT2D eigenvalue weighted by molar-refractivity contribution is 5.95. The van der Waals surface area contributed by atoms with Crippen LogP contribution in [0.5, 0.6) is 0 Å². The molecule has 27 heavy (non-hydrogen) atoms. The molecule has 0 spiro atoms. The van der Waals surface area contributed by atoms with Gasteiger partial charge < -0.3 is 20.4 Å². The number of benzene rings is 1. The van der Waals surface area contributed by atoms with Gasteiger partial charge in [-0.2, -0.15) is 0 Å². The maximum absolute atomic E-state index is 12.6. The molecule has 1 aromatic carbocycles. The van der Waals surface area contributed by atoms with Crippen LogP contribution in [0.1, 0.15) is 37.9 Å². The summed E-state index contributed by atoms with van der Waals surface area (Å²) in [7, 11) is 0. The summed E-state index contributed by atoms with van der Waals surface area (Å²) in [6.07, 6.45) is 6.18. The fraction of sp³-hybridized carbons (Fsp3) is 0.550. The SMILES string of the molecule is NC(C(=O)Nc1cccc(-c2nnc3n2CCCCC3)c1)C1CCOCC1. The molecule has 2 aliphatic rings.